The van der Waals surface area contributed by atoms with Crippen LogP contribution in [-0.2, 0) is 7.05 Å². The summed E-state index contributed by atoms with van der Waals surface area (Å²) in [6.45, 7) is 0. The molecule has 1 aromatic heterocycles. The van der Waals surface area contributed by atoms with Gasteiger partial charge in [-0.1, -0.05) is 0 Å². The summed E-state index contributed by atoms with van der Waals surface area (Å²) < 4.78 is 1.68. The van der Waals surface area contributed by atoms with Crippen LogP contribution in [0.2, 0.25) is 5.28 Å². The summed E-state index contributed by atoms with van der Waals surface area (Å²) in [5, 5.41) is 0.472. The van der Waals surface area contributed by atoms with Crippen LogP contribution in [0.5, 0.6) is 0 Å². The van der Waals surface area contributed by atoms with Crippen LogP contribution in [0.3, 0.4) is 0 Å². The van der Waals surface area contributed by atoms with E-state index in [1.807, 2.05) is 7.05 Å². The van der Waals surface area contributed by atoms with Crippen molar-refractivity contribution in [2.45, 2.75) is 0 Å². The molecule has 3 heteroatoms. The van der Waals surface area contributed by atoms with Crippen LogP contribution in [0.1, 0.15) is 0 Å². The summed E-state index contributed by atoms with van der Waals surface area (Å²) >= 11 is 5.44. The van der Waals surface area contributed by atoms with Crippen molar-refractivity contribution >= 4 is 11.6 Å². The maximum absolute atomic E-state index is 5.44. The molecule has 0 aliphatic rings. The molecule has 1 aromatic rings. The molecule has 0 saturated carbocycles. The fourth-order valence-corrected chi connectivity index (χ4v) is 0.398. The molecule has 2 nitrogen and oxygen atoms in total. The van der Waals surface area contributed by atoms with Gasteiger partial charge in [0.1, 0.15) is 6.20 Å². The molecule has 0 amide bonds. The summed E-state index contributed by atoms with van der Waals surface area (Å²) in [5.74, 6) is 0. The van der Waals surface area contributed by atoms with Gasteiger partial charge < -0.3 is 4.57 Å². The number of nitrogens with zero attached hydrogens (tertiary/aromatic N) is 2. The van der Waals surface area contributed by atoms with Crippen molar-refractivity contribution in [3.8, 4) is 0 Å². The van der Waals surface area contributed by atoms with Gasteiger partial charge in [0, 0.05) is 13.2 Å². The van der Waals surface area contributed by atoms with Gasteiger partial charge in [-0.05, 0) is 11.6 Å². The Hall–Kier alpha value is -0.500. The Balaban J connectivity index is 3.12. The smallest absolute Gasteiger partial charge is 0.203 e. The van der Waals surface area contributed by atoms with Gasteiger partial charge in [-0.2, -0.15) is 0 Å². The number of halogens is 1. The van der Waals surface area contributed by atoms with Gasteiger partial charge >= 0.3 is 0 Å². The average molecular weight is 116 g/mol. The van der Waals surface area contributed by atoms with Gasteiger partial charge in [0.25, 0.3) is 0 Å². The monoisotopic (exact) mass is 115 g/mol. The lowest BCUT2D eigenvalue weighted by molar-refractivity contribution is 0.914. The van der Waals surface area contributed by atoms with E-state index >= 15 is 0 Å². The van der Waals surface area contributed by atoms with Crippen LogP contribution in [0, 0.1) is 6.20 Å². The zero-order chi connectivity index (χ0) is 5.28. The summed E-state index contributed by atoms with van der Waals surface area (Å²) in [6.07, 6.45) is 4.25. The molecule has 1 heterocycles. The molecule has 37 valence electrons. The second-order valence-electron chi connectivity index (χ2n) is 1.25. The lowest BCUT2D eigenvalue weighted by Gasteiger charge is -1.84. The van der Waals surface area contributed by atoms with Gasteiger partial charge in [-0.25, -0.2) is 4.98 Å². The minimum Gasteiger partial charge on any atom is -0.324 e. The SMILES string of the molecule is Cn1c[c]nc1Cl. The largest absolute Gasteiger partial charge is 0.324 e. The fraction of sp³-hybridized carbons (Fsp3) is 0.250. The van der Waals surface area contributed by atoms with E-state index in [1.54, 1.807) is 10.8 Å². The highest BCUT2D eigenvalue weighted by Crippen LogP contribution is 1.98. The van der Waals surface area contributed by atoms with Crippen LogP contribution in [-0.4, -0.2) is 9.55 Å². The van der Waals surface area contributed by atoms with Crippen LogP contribution >= 0.6 is 11.6 Å². The number of hydrogen-bond donors (Lipinski definition) is 0. The molecular weight excluding hydrogens is 112 g/mol. The van der Waals surface area contributed by atoms with Crippen molar-refractivity contribution in [2.24, 2.45) is 7.05 Å². The number of imidazole rings is 1. The van der Waals surface area contributed by atoms with Crippen LogP contribution in [0.25, 0.3) is 0 Å². The van der Waals surface area contributed by atoms with Gasteiger partial charge in [-0.15, -0.1) is 0 Å². The summed E-state index contributed by atoms with van der Waals surface area (Å²) in [7, 11) is 1.81. The van der Waals surface area contributed by atoms with Crippen molar-refractivity contribution in [1.29, 1.82) is 0 Å². The number of hydrogen-bond acceptors (Lipinski definition) is 1. The summed E-state index contributed by atoms with van der Waals surface area (Å²) in [6, 6.07) is 0. The average Bonchev–Trinajstić information content (AvgIpc) is 1.91. The van der Waals surface area contributed by atoms with Crippen molar-refractivity contribution in [1.82, 2.24) is 9.55 Å². The predicted octanol–water partition coefficient (Wildman–Crippen LogP) is 0.874. The Kier molecular flexibility index (Phi) is 1.02. The van der Waals surface area contributed by atoms with E-state index in [0.29, 0.717) is 5.28 Å². The van der Waals surface area contributed by atoms with Crippen LogP contribution in [0.15, 0.2) is 6.20 Å². The quantitative estimate of drug-likeness (QED) is 0.491. The van der Waals surface area contributed by atoms with E-state index in [-0.39, 0.29) is 0 Å². The number of aryl methyl sites for hydroxylation is 1. The zero-order valence-corrected chi connectivity index (χ0v) is 4.61. The first kappa shape index (κ1) is 4.65. The van der Waals surface area contributed by atoms with Crippen LogP contribution < -0.4 is 0 Å². The highest BCUT2D eigenvalue weighted by Gasteiger charge is 1.87. The molecule has 0 atom stereocenters. The number of rotatable bonds is 0. The first-order chi connectivity index (χ1) is 3.30. The van der Waals surface area contributed by atoms with Gasteiger partial charge in [-0.3, -0.25) is 0 Å². The maximum atomic E-state index is 5.44. The highest BCUT2D eigenvalue weighted by atomic mass is 35.5. The molecule has 0 aromatic carbocycles. The molecule has 0 N–H and O–H groups in total. The molecule has 1 rings (SSSR count). The molecule has 0 bridgehead atoms. The first-order valence-corrected chi connectivity index (χ1v) is 2.23. The second-order valence-corrected chi connectivity index (χ2v) is 1.59. The normalized spacial score (nSPS) is 9.43. The lowest BCUT2D eigenvalue weighted by atomic mass is 10.9. The molecule has 0 aliphatic carbocycles. The van der Waals surface area contributed by atoms with E-state index in [0.717, 1.165) is 0 Å². The summed E-state index contributed by atoms with van der Waals surface area (Å²) in [5.41, 5.74) is 0. The Bertz CT molecular complexity index is 142. The third kappa shape index (κ3) is 0.747. The Morgan fingerprint density at radius 3 is 2.86 bits per heavy atom. The Morgan fingerprint density at radius 2 is 2.71 bits per heavy atom. The highest BCUT2D eigenvalue weighted by molar-refractivity contribution is 6.28. The fourth-order valence-electron chi connectivity index (χ4n) is 0.301. The molecule has 0 unspecified atom stereocenters. The topological polar surface area (TPSA) is 17.8 Å². The number of aromatic nitrogens is 2. The Morgan fingerprint density at radius 1 is 2.00 bits per heavy atom. The Labute approximate surface area is 46.7 Å². The van der Waals surface area contributed by atoms with Gasteiger partial charge in [0.2, 0.25) is 5.28 Å². The maximum Gasteiger partial charge on any atom is 0.203 e. The van der Waals surface area contributed by atoms with E-state index in [9.17, 15) is 0 Å². The standard InChI is InChI=1S/C4H4ClN2/c1-7-3-2-6-4(7)5/h3H,1H3. The molecular formula is C4H4ClN2. The molecule has 0 spiro atoms. The van der Waals surface area contributed by atoms with Gasteiger partial charge in [0.15, 0.2) is 0 Å². The van der Waals surface area contributed by atoms with Crippen molar-refractivity contribution in [2.75, 3.05) is 0 Å². The van der Waals surface area contributed by atoms with E-state index in [1.165, 1.54) is 0 Å². The second kappa shape index (κ2) is 1.54. The van der Waals surface area contributed by atoms with E-state index in [2.05, 4.69) is 11.2 Å². The van der Waals surface area contributed by atoms with Gasteiger partial charge in [0.05, 0.1) is 0 Å². The zero-order valence-electron chi connectivity index (χ0n) is 3.85. The molecule has 7 heavy (non-hydrogen) atoms. The summed E-state index contributed by atoms with van der Waals surface area (Å²) in [4.78, 5) is 3.62. The lowest BCUT2D eigenvalue weighted by Crippen LogP contribution is -1.81. The first-order valence-electron chi connectivity index (χ1n) is 1.85. The third-order valence-corrected chi connectivity index (χ3v) is 1.05. The van der Waals surface area contributed by atoms with E-state index in [4.69, 9.17) is 11.6 Å². The minimum atomic E-state index is 0.472. The van der Waals surface area contributed by atoms with Crippen molar-refractivity contribution in [3.05, 3.63) is 17.7 Å². The van der Waals surface area contributed by atoms with Crippen LogP contribution in [0.4, 0.5) is 0 Å². The molecule has 0 fully saturated rings. The van der Waals surface area contributed by atoms with Crippen molar-refractivity contribution in [3.63, 3.8) is 0 Å². The molecule has 0 saturated heterocycles. The third-order valence-electron chi connectivity index (χ3n) is 0.699. The van der Waals surface area contributed by atoms with Crippen molar-refractivity contribution < 1.29 is 0 Å². The predicted molar refractivity (Wildman–Crippen MR) is 27.1 cm³/mol. The minimum absolute atomic E-state index is 0.472. The molecule has 0 aliphatic heterocycles. The van der Waals surface area contributed by atoms with E-state index < -0.39 is 0 Å². The molecule has 1 radical (unpaired) electrons.